The maximum absolute atomic E-state index is 12.1. The summed E-state index contributed by atoms with van der Waals surface area (Å²) in [6.07, 6.45) is 1.36. The van der Waals surface area contributed by atoms with Crippen molar-refractivity contribution in [1.29, 1.82) is 5.26 Å². The van der Waals surface area contributed by atoms with Crippen LogP contribution in [-0.2, 0) is 4.79 Å². The minimum Gasteiger partial charge on any atom is -0.493 e. The molecule has 0 radical (unpaired) electrons. The third-order valence-electron chi connectivity index (χ3n) is 3.85. The van der Waals surface area contributed by atoms with Crippen molar-refractivity contribution >= 4 is 23.4 Å². The fourth-order valence-electron chi connectivity index (χ4n) is 2.48. The number of nitro groups is 2. The minimum atomic E-state index is -0.793. The highest BCUT2D eigenvalue weighted by Crippen LogP contribution is 2.38. The van der Waals surface area contributed by atoms with Crippen molar-refractivity contribution in [2.75, 3.05) is 7.11 Å². The minimum absolute atomic E-state index is 0.0988. The summed E-state index contributed by atoms with van der Waals surface area (Å²) in [4.78, 5) is 32.7. The highest BCUT2D eigenvalue weighted by Gasteiger charge is 2.22. The molecule has 0 fully saturated rings. The lowest BCUT2D eigenvalue weighted by atomic mass is 10.1. The average Bonchev–Trinajstić information content (AvgIpc) is 2.72. The summed E-state index contributed by atoms with van der Waals surface area (Å²) >= 11 is 0. The van der Waals surface area contributed by atoms with Gasteiger partial charge in [0.2, 0.25) is 5.75 Å². The number of nitrogens with zero attached hydrogens (tertiary/aromatic N) is 3. The van der Waals surface area contributed by atoms with Gasteiger partial charge < -0.3 is 14.8 Å². The SMILES string of the molecule is COc1cc(/C=C(/C#N)C(=O)NC(C)C)ccc1Oc1ccc([N+](=O)[O-])cc1[N+](=O)[O-]. The zero-order valence-electron chi connectivity index (χ0n) is 16.8. The Hall–Kier alpha value is -4.46. The van der Waals surface area contributed by atoms with Crippen LogP contribution >= 0.6 is 0 Å². The topological polar surface area (TPSA) is 158 Å². The molecule has 11 heteroatoms. The molecule has 2 aromatic rings. The van der Waals surface area contributed by atoms with Crippen LogP contribution in [0, 0.1) is 31.6 Å². The molecule has 1 amide bonds. The number of nitriles is 1. The normalized spacial score (nSPS) is 10.9. The number of nitrogens with one attached hydrogen (secondary N) is 1. The summed E-state index contributed by atoms with van der Waals surface area (Å²) in [6.45, 7) is 3.53. The fraction of sp³-hybridized carbons (Fsp3) is 0.200. The first kappa shape index (κ1) is 22.8. The van der Waals surface area contributed by atoms with Crippen LogP contribution in [0.4, 0.5) is 11.4 Å². The van der Waals surface area contributed by atoms with Gasteiger partial charge in [0.15, 0.2) is 11.5 Å². The predicted molar refractivity (Wildman–Crippen MR) is 110 cm³/mol. The first-order valence-electron chi connectivity index (χ1n) is 8.87. The third kappa shape index (κ3) is 5.77. The van der Waals surface area contributed by atoms with Crippen molar-refractivity contribution in [2.24, 2.45) is 0 Å². The van der Waals surface area contributed by atoms with Crippen molar-refractivity contribution in [1.82, 2.24) is 5.32 Å². The van der Waals surface area contributed by atoms with E-state index in [1.54, 1.807) is 13.8 Å². The first-order chi connectivity index (χ1) is 14.7. The highest BCUT2D eigenvalue weighted by atomic mass is 16.6. The molecule has 0 aliphatic heterocycles. The monoisotopic (exact) mass is 426 g/mol. The predicted octanol–water partition coefficient (Wildman–Crippen LogP) is 3.74. The summed E-state index contributed by atoms with van der Waals surface area (Å²) in [5.74, 6) is -0.478. The number of methoxy groups -OCH3 is 1. The van der Waals surface area contributed by atoms with Crippen molar-refractivity contribution < 1.29 is 24.1 Å². The van der Waals surface area contributed by atoms with E-state index in [2.05, 4.69) is 5.32 Å². The van der Waals surface area contributed by atoms with Crippen molar-refractivity contribution in [3.8, 4) is 23.3 Å². The van der Waals surface area contributed by atoms with Gasteiger partial charge in [-0.2, -0.15) is 5.26 Å². The van der Waals surface area contributed by atoms with Crippen LogP contribution < -0.4 is 14.8 Å². The number of benzene rings is 2. The van der Waals surface area contributed by atoms with Gasteiger partial charge in [0.1, 0.15) is 11.6 Å². The van der Waals surface area contributed by atoms with Gasteiger partial charge in [-0.3, -0.25) is 25.0 Å². The standard InChI is InChI=1S/C20H18N4O7/c1-12(2)22-20(25)14(11-21)8-13-4-6-18(19(9-13)30-3)31-17-7-5-15(23(26)27)10-16(17)24(28)29/h4-10,12H,1-3H3,(H,22,25)/b14-8-. The highest BCUT2D eigenvalue weighted by molar-refractivity contribution is 6.01. The first-order valence-corrected chi connectivity index (χ1v) is 8.87. The molecular formula is C20H18N4O7. The lowest BCUT2D eigenvalue weighted by Gasteiger charge is -2.11. The van der Waals surface area contributed by atoms with Crippen LogP contribution in [0.5, 0.6) is 17.2 Å². The van der Waals surface area contributed by atoms with Crippen LogP contribution in [0.2, 0.25) is 0 Å². The summed E-state index contributed by atoms with van der Waals surface area (Å²) in [7, 11) is 1.34. The maximum atomic E-state index is 12.1. The van der Waals surface area contributed by atoms with Crippen LogP contribution in [0.1, 0.15) is 19.4 Å². The van der Waals surface area contributed by atoms with Gasteiger partial charge in [0.25, 0.3) is 11.6 Å². The summed E-state index contributed by atoms with van der Waals surface area (Å²) in [5, 5.41) is 34.0. The van der Waals surface area contributed by atoms with Crippen molar-refractivity contribution in [2.45, 2.75) is 19.9 Å². The molecule has 0 saturated heterocycles. The average molecular weight is 426 g/mol. The summed E-state index contributed by atoms with van der Waals surface area (Å²) in [5.41, 5.74) is -0.694. The van der Waals surface area contributed by atoms with Crippen LogP contribution in [-0.4, -0.2) is 28.9 Å². The molecule has 0 aliphatic carbocycles. The summed E-state index contributed by atoms with van der Waals surface area (Å²) in [6, 6.07) is 9.12. The molecule has 160 valence electrons. The van der Waals surface area contributed by atoms with Gasteiger partial charge in [-0.1, -0.05) is 6.07 Å². The van der Waals surface area contributed by atoms with Crippen molar-refractivity contribution in [3.63, 3.8) is 0 Å². The number of carbonyl (C=O) groups is 1. The number of carbonyl (C=O) groups excluding carboxylic acids is 1. The van der Waals surface area contributed by atoms with Crippen molar-refractivity contribution in [3.05, 3.63) is 67.8 Å². The Balaban J connectivity index is 2.40. The van der Waals surface area contributed by atoms with E-state index in [0.29, 0.717) is 5.56 Å². The number of ether oxygens (including phenoxy) is 2. The molecule has 11 nitrogen and oxygen atoms in total. The van der Waals surface area contributed by atoms with Gasteiger partial charge in [-0.15, -0.1) is 0 Å². The molecule has 0 spiro atoms. The molecule has 0 unspecified atom stereocenters. The number of non-ortho nitro benzene ring substituents is 1. The zero-order valence-corrected chi connectivity index (χ0v) is 16.8. The molecule has 0 aromatic heterocycles. The number of amides is 1. The summed E-state index contributed by atoms with van der Waals surface area (Å²) < 4.78 is 10.8. The molecule has 0 atom stereocenters. The molecule has 1 N–H and O–H groups in total. The molecule has 31 heavy (non-hydrogen) atoms. The van der Waals surface area contributed by atoms with E-state index in [9.17, 15) is 30.3 Å². The van der Waals surface area contributed by atoms with E-state index in [1.807, 2.05) is 6.07 Å². The Morgan fingerprint density at radius 2 is 1.77 bits per heavy atom. The van der Waals surface area contributed by atoms with E-state index in [4.69, 9.17) is 9.47 Å². The Kier molecular flexibility index (Phi) is 7.24. The molecular weight excluding hydrogens is 408 g/mol. The number of hydrogen-bond donors (Lipinski definition) is 1. The molecule has 0 heterocycles. The number of rotatable bonds is 8. The van der Waals surface area contributed by atoms with Crippen LogP contribution in [0.3, 0.4) is 0 Å². The van der Waals surface area contributed by atoms with E-state index >= 15 is 0 Å². The van der Waals surface area contributed by atoms with Crippen LogP contribution in [0.25, 0.3) is 6.08 Å². The fourth-order valence-corrected chi connectivity index (χ4v) is 2.48. The molecule has 2 aromatic carbocycles. The van der Waals surface area contributed by atoms with Gasteiger partial charge in [-0.05, 0) is 43.7 Å². The second kappa shape index (κ2) is 9.84. The van der Waals surface area contributed by atoms with E-state index in [1.165, 1.54) is 31.4 Å². The van der Waals surface area contributed by atoms with E-state index < -0.39 is 27.1 Å². The molecule has 0 bridgehead atoms. The quantitative estimate of drug-likeness (QED) is 0.289. The number of hydrogen-bond acceptors (Lipinski definition) is 8. The molecule has 0 saturated carbocycles. The second-order valence-corrected chi connectivity index (χ2v) is 6.48. The Labute approximate surface area is 176 Å². The smallest absolute Gasteiger partial charge is 0.318 e. The lowest BCUT2D eigenvalue weighted by Crippen LogP contribution is -2.30. The van der Waals surface area contributed by atoms with Crippen LogP contribution in [0.15, 0.2) is 42.0 Å². The zero-order chi connectivity index (χ0) is 23.1. The Morgan fingerprint density at radius 1 is 1.10 bits per heavy atom. The van der Waals surface area contributed by atoms with Gasteiger partial charge in [0, 0.05) is 12.1 Å². The molecule has 2 rings (SSSR count). The van der Waals surface area contributed by atoms with Gasteiger partial charge in [-0.25, -0.2) is 0 Å². The second-order valence-electron chi connectivity index (χ2n) is 6.48. The lowest BCUT2D eigenvalue weighted by molar-refractivity contribution is -0.394. The Morgan fingerprint density at radius 3 is 2.32 bits per heavy atom. The largest absolute Gasteiger partial charge is 0.493 e. The van der Waals surface area contributed by atoms with E-state index in [0.717, 1.165) is 18.2 Å². The van der Waals surface area contributed by atoms with Gasteiger partial charge in [0.05, 0.1) is 23.0 Å². The number of nitro benzene ring substituents is 2. The molecule has 0 aliphatic rings. The maximum Gasteiger partial charge on any atom is 0.318 e. The van der Waals surface area contributed by atoms with E-state index in [-0.39, 0.29) is 28.9 Å². The van der Waals surface area contributed by atoms with Gasteiger partial charge >= 0.3 is 5.69 Å². The third-order valence-corrected chi connectivity index (χ3v) is 3.85. The Bertz CT molecular complexity index is 1100.